The summed E-state index contributed by atoms with van der Waals surface area (Å²) in [7, 11) is 0. The number of β-lactam (4-membered cyclic amide) rings is 1. The molecule has 10 nitrogen and oxygen atoms in total. The van der Waals surface area contributed by atoms with Gasteiger partial charge >= 0.3 is 5.97 Å². The highest BCUT2D eigenvalue weighted by molar-refractivity contribution is 8.03. The average Bonchev–Trinajstić information content (AvgIpc) is 3.10. The second kappa shape index (κ2) is 11.3. The molecule has 11 heteroatoms. The number of carboxylic acid groups (broad SMARTS) is 1. The van der Waals surface area contributed by atoms with E-state index >= 15 is 0 Å². The van der Waals surface area contributed by atoms with Crippen LogP contribution in [0.1, 0.15) is 55.5 Å². The lowest BCUT2D eigenvalue weighted by atomic mass is 9.67. The molecule has 0 spiro atoms. The Morgan fingerprint density at radius 3 is 2.32 bits per heavy atom. The lowest BCUT2D eigenvalue weighted by molar-refractivity contribution is -0.384. The van der Waals surface area contributed by atoms with Gasteiger partial charge < -0.3 is 20.0 Å². The minimum absolute atomic E-state index is 0.0649. The molecule has 3 unspecified atom stereocenters. The molecule has 2 aromatic carbocycles. The largest absolute Gasteiger partial charge is 0.477 e. The molecule has 2 amide bonds. The van der Waals surface area contributed by atoms with Gasteiger partial charge in [-0.3, -0.25) is 19.7 Å². The molecule has 2 saturated heterocycles. The number of thioether (sulfide) groups is 1. The second-order valence-electron chi connectivity index (χ2n) is 11.2. The van der Waals surface area contributed by atoms with Crippen LogP contribution >= 0.6 is 11.8 Å². The number of hydrogen-bond donors (Lipinski definition) is 2. The zero-order valence-electron chi connectivity index (χ0n) is 23.0. The summed E-state index contributed by atoms with van der Waals surface area (Å²) < 4.78 is 0. The maximum atomic E-state index is 13.7. The number of carbonyl (C=O) groups excluding carboxylic acids is 2. The van der Waals surface area contributed by atoms with E-state index in [2.05, 4.69) is 0 Å². The molecule has 41 heavy (non-hydrogen) atoms. The standard InChI is InChI=1S/C30H33N3O7S/c1-18(34)23-25-30(2,17-19-11-13-20(14-12-19)33(39)40)26(24(29(37)38)32(25)28(23)36)41-22-10-6-5-9-21(22)27(35)31-15-7-3-4-8-16-31/h5-6,9-14,18,23,25,34H,3-4,7-8,15-17H2,1-2H3,(H,37,38)/t18?,23?,25-,30?/m0/s1. The monoisotopic (exact) mass is 579 g/mol. The molecule has 3 heterocycles. The third-order valence-corrected chi connectivity index (χ3v) is 9.87. The quantitative estimate of drug-likeness (QED) is 0.265. The SMILES string of the molecule is CC(O)C1C(=O)N2C(C(=O)O)=C(Sc3ccccc3C(=O)N3CCCCCC3)C(C)(Cc3ccc([N+](=O)[O-])cc3)[C@H]12. The number of aliphatic carboxylic acids is 1. The lowest BCUT2D eigenvalue weighted by Gasteiger charge is -2.51. The Morgan fingerprint density at radius 2 is 1.73 bits per heavy atom. The first-order valence-corrected chi connectivity index (χ1v) is 14.6. The van der Waals surface area contributed by atoms with Crippen LogP contribution in [0.4, 0.5) is 5.69 Å². The van der Waals surface area contributed by atoms with Gasteiger partial charge in [-0.15, -0.1) is 0 Å². The van der Waals surface area contributed by atoms with Crippen LogP contribution in [-0.4, -0.2) is 68.0 Å². The Bertz CT molecular complexity index is 1420. The van der Waals surface area contributed by atoms with E-state index in [-0.39, 0.29) is 23.7 Å². The molecule has 3 aliphatic rings. The summed E-state index contributed by atoms with van der Waals surface area (Å²) in [6.45, 7) is 4.72. The summed E-state index contributed by atoms with van der Waals surface area (Å²) in [5.41, 5.74) is 0.0266. The molecule has 0 aromatic heterocycles. The van der Waals surface area contributed by atoms with Gasteiger partial charge in [-0.05, 0) is 43.9 Å². The van der Waals surface area contributed by atoms with Gasteiger partial charge in [0.25, 0.3) is 11.6 Å². The highest BCUT2D eigenvalue weighted by Gasteiger charge is 2.66. The number of nitro benzene ring substituents is 1. The molecule has 2 N–H and O–H groups in total. The number of amides is 2. The number of non-ortho nitro benzene ring substituents is 1. The fourth-order valence-corrected chi connectivity index (χ4v) is 7.76. The van der Waals surface area contributed by atoms with Crippen LogP contribution in [0.5, 0.6) is 0 Å². The first-order chi connectivity index (χ1) is 19.5. The van der Waals surface area contributed by atoms with Crippen molar-refractivity contribution in [1.29, 1.82) is 0 Å². The van der Waals surface area contributed by atoms with Crippen LogP contribution < -0.4 is 0 Å². The van der Waals surface area contributed by atoms with Crippen molar-refractivity contribution in [3.8, 4) is 0 Å². The summed E-state index contributed by atoms with van der Waals surface area (Å²) in [5, 5.41) is 32.1. The predicted octanol–water partition coefficient (Wildman–Crippen LogP) is 4.47. The molecular formula is C30H33N3O7S. The van der Waals surface area contributed by atoms with E-state index in [9.17, 15) is 34.7 Å². The average molecular weight is 580 g/mol. The zero-order valence-corrected chi connectivity index (χ0v) is 23.8. The van der Waals surface area contributed by atoms with Gasteiger partial charge in [-0.2, -0.15) is 0 Å². The van der Waals surface area contributed by atoms with Crippen molar-refractivity contribution < 1.29 is 29.5 Å². The molecule has 4 atom stereocenters. The number of aliphatic hydroxyl groups excluding tert-OH is 1. The van der Waals surface area contributed by atoms with E-state index in [1.165, 1.54) is 35.7 Å². The Morgan fingerprint density at radius 1 is 1.10 bits per heavy atom. The van der Waals surface area contributed by atoms with Crippen molar-refractivity contribution in [2.45, 2.75) is 63.0 Å². The third-order valence-electron chi connectivity index (χ3n) is 8.43. The smallest absolute Gasteiger partial charge is 0.353 e. The van der Waals surface area contributed by atoms with E-state index in [0.29, 0.717) is 28.5 Å². The third kappa shape index (κ3) is 5.12. The number of rotatable bonds is 8. The summed E-state index contributed by atoms with van der Waals surface area (Å²) >= 11 is 1.18. The first kappa shape index (κ1) is 28.8. The summed E-state index contributed by atoms with van der Waals surface area (Å²) in [6, 6.07) is 12.5. The molecule has 5 rings (SSSR count). The number of carbonyl (C=O) groups is 3. The Hall–Kier alpha value is -3.70. The van der Waals surface area contributed by atoms with Gasteiger partial charge in [0, 0.05) is 40.4 Å². The second-order valence-corrected chi connectivity index (χ2v) is 12.3. The Kier molecular flexibility index (Phi) is 7.93. The summed E-state index contributed by atoms with van der Waals surface area (Å²) in [4.78, 5) is 54.4. The van der Waals surface area contributed by atoms with Crippen molar-refractivity contribution >= 4 is 35.2 Å². The minimum Gasteiger partial charge on any atom is -0.477 e. The number of nitrogens with zero attached hydrogens (tertiary/aromatic N) is 3. The van der Waals surface area contributed by atoms with Gasteiger partial charge in [0.05, 0.1) is 28.6 Å². The lowest BCUT2D eigenvalue weighted by Crippen LogP contribution is -2.66. The van der Waals surface area contributed by atoms with E-state index in [1.54, 1.807) is 36.4 Å². The van der Waals surface area contributed by atoms with Crippen molar-refractivity contribution in [2.75, 3.05) is 13.1 Å². The molecule has 216 valence electrons. The maximum Gasteiger partial charge on any atom is 0.353 e. The Labute approximate surface area is 242 Å². The topological polar surface area (TPSA) is 141 Å². The summed E-state index contributed by atoms with van der Waals surface area (Å²) in [6.07, 6.45) is 3.28. The fraction of sp³-hybridized carbons (Fsp3) is 0.433. The highest BCUT2D eigenvalue weighted by Crippen LogP contribution is 2.60. The van der Waals surface area contributed by atoms with E-state index < -0.39 is 40.3 Å². The number of fused-ring (bicyclic) bond motifs is 1. The van der Waals surface area contributed by atoms with Crippen LogP contribution in [0.25, 0.3) is 0 Å². The van der Waals surface area contributed by atoms with Crippen molar-refractivity contribution in [2.24, 2.45) is 11.3 Å². The van der Waals surface area contributed by atoms with Gasteiger partial charge in [0.15, 0.2) is 0 Å². The number of hydrogen-bond acceptors (Lipinski definition) is 7. The number of aliphatic hydroxyl groups is 1. The number of benzene rings is 2. The van der Waals surface area contributed by atoms with E-state index in [1.807, 2.05) is 11.8 Å². The normalized spacial score (nSPS) is 24.9. The molecule has 3 aliphatic heterocycles. The molecule has 2 fully saturated rings. The molecule has 0 saturated carbocycles. The van der Waals surface area contributed by atoms with Gasteiger partial charge in [-0.25, -0.2) is 4.79 Å². The van der Waals surface area contributed by atoms with Crippen LogP contribution in [0.3, 0.4) is 0 Å². The van der Waals surface area contributed by atoms with E-state index in [4.69, 9.17) is 0 Å². The molecule has 2 aromatic rings. The van der Waals surface area contributed by atoms with Crippen LogP contribution in [0.15, 0.2) is 64.0 Å². The van der Waals surface area contributed by atoms with Crippen molar-refractivity contribution in [1.82, 2.24) is 9.80 Å². The van der Waals surface area contributed by atoms with Crippen LogP contribution in [0.2, 0.25) is 0 Å². The minimum atomic E-state index is -1.27. The van der Waals surface area contributed by atoms with Crippen LogP contribution in [0, 0.1) is 21.4 Å². The highest BCUT2D eigenvalue weighted by atomic mass is 32.2. The number of likely N-dealkylation sites (tertiary alicyclic amines) is 1. The van der Waals surface area contributed by atoms with Gasteiger partial charge in [0.1, 0.15) is 5.70 Å². The maximum absolute atomic E-state index is 13.7. The number of carboxylic acids is 1. The van der Waals surface area contributed by atoms with Crippen molar-refractivity contribution in [3.05, 3.63) is 80.4 Å². The van der Waals surface area contributed by atoms with E-state index in [0.717, 1.165) is 31.2 Å². The number of nitro groups is 1. The van der Waals surface area contributed by atoms with Crippen molar-refractivity contribution in [3.63, 3.8) is 0 Å². The predicted molar refractivity (Wildman–Crippen MR) is 152 cm³/mol. The van der Waals surface area contributed by atoms with Gasteiger partial charge in [-0.1, -0.05) is 55.8 Å². The zero-order chi connectivity index (χ0) is 29.5. The molecule has 0 radical (unpaired) electrons. The Balaban J connectivity index is 1.58. The van der Waals surface area contributed by atoms with Gasteiger partial charge in [0.2, 0.25) is 5.91 Å². The fourth-order valence-electron chi connectivity index (χ4n) is 6.42. The molecule has 0 aliphatic carbocycles. The summed E-state index contributed by atoms with van der Waals surface area (Å²) in [5.74, 6) is -2.64. The molecular weight excluding hydrogens is 546 g/mol. The first-order valence-electron chi connectivity index (χ1n) is 13.8. The molecule has 0 bridgehead atoms. The van der Waals surface area contributed by atoms with Crippen LogP contribution in [-0.2, 0) is 16.0 Å².